The summed E-state index contributed by atoms with van der Waals surface area (Å²) >= 11 is 0. The summed E-state index contributed by atoms with van der Waals surface area (Å²) in [5, 5.41) is 2.64. The Morgan fingerprint density at radius 2 is 1.65 bits per heavy atom. The summed E-state index contributed by atoms with van der Waals surface area (Å²) in [5.74, 6) is 0. The number of benzene rings is 2. The van der Waals surface area contributed by atoms with E-state index in [1.165, 1.54) is 22.1 Å². The van der Waals surface area contributed by atoms with Crippen LogP contribution in [0.3, 0.4) is 0 Å². The Bertz CT molecular complexity index is 871. The molecule has 5 nitrogen and oxygen atoms in total. The molecule has 0 amide bonds. The van der Waals surface area contributed by atoms with Crippen LogP contribution in [0.2, 0.25) is 0 Å². The smallest absolute Gasteiger partial charge is 0.485 e. The number of nitrogens with zero attached hydrogens (tertiary/aromatic N) is 2. The van der Waals surface area contributed by atoms with E-state index in [4.69, 9.17) is 13.0 Å². The van der Waals surface area contributed by atoms with Crippen LogP contribution in [0.4, 0.5) is 24.5 Å². The van der Waals surface area contributed by atoms with Crippen LogP contribution in [0.1, 0.15) is 0 Å². The molecular formula is C14H13F3N2O3S. The molecule has 0 aliphatic carbocycles. The van der Waals surface area contributed by atoms with E-state index in [1.54, 1.807) is 0 Å². The Hall–Kier alpha value is -2.13. The van der Waals surface area contributed by atoms with Gasteiger partial charge in [0.1, 0.15) is 11.4 Å². The van der Waals surface area contributed by atoms with Crippen LogP contribution in [0, 0.1) is 0 Å². The van der Waals surface area contributed by atoms with Crippen molar-refractivity contribution in [1.82, 2.24) is 0 Å². The number of hydrogen-bond acceptors (Lipinski definition) is 4. The fourth-order valence-corrected chi connectivity index (χ4v) is 2.27. The van der Waals surface area contributed by atoms with Gasteiger partial charge in [0.05, 0.1) is 19.5 Å². The van der Waals surface area contributed by atoms with Gasteiger partial charge in [0.2, 0.25) is 6.34 Å². The van der Waals surface area contributed by atoms with E-state index in [9.17, 15) is 13.2 Å². The van der Waals surface area contributed by atoms with E-state index in [1.807, 2.05) is 0 Å². The van der Waals surface area contributed by atoms with Gasteiger partial charge in [-0.2, -0.15) is 13.2 Å². The number of hydrogen-bond donors (Lipinski definition) is 0. The van der Waals surface area contributed by atoms with Crippen LogP contribution in [0.25, 0.3) is 10.8 Å². The van der Waals surface area contributed by atoms with Crippen LogP contribution in [-0.4, -0.2) is 43.5 Å². The average Bonchev–Trinajstić information content (AvgIpc) is 2.43. The fourth-order valence-electron chi connectivity index (χ4n) is 2.27. The summed E-state index contributed by atoms with van der Waals surface area (Å²) in [6.07, 6.45) is 2.11. The topological polar surface area (TPSA) is 63.5 Å². The van der Waals surface area contributed by atoms with Gasteiger partial charge in [-0.3, -0.25) is 0 Å². The molecule has 23 heavy (non-hydrogen) atoms. The van der Waals surface area contributed by atoms with E-state index in [0.29, 0.717) is 0 Å². The monoisotopic (exact) mass is 346 g/mol. The maximum Gasteiger partial charge on any atom is 0.485 e. The molecule has 0 aromatic heterocycles. The van der Waals surface area contributed by atoms with E-state index in [2.05, 4.69) is 66.3 Å². The molecule has 0 atom stereocenters. The molecule has 0 saturated carbocycles. The van der Waals surface area contributed by atoms with Crippen molar-refractivity contribution in [2.24, 2.45) is 0 Å². The van der Waals surface area contributed by atoms with Gasteiger partial charge in [-0.05, 0) is 17.5 Å². The Balaban J connectivity index is 0.000000207. The summed E-state index contributed by atoms with van der Waals surface area (Å²) in [6, 6.07) is 12.9. The molecule has 1 aliphatic rings. The van der Waals surface area contributed by atoms with E-state index in [-0.39, 0.29) is 0 Å². The lowest BCUT2D eigenvalue weighted by Gasteiger charge is -2.18. The van der Waals surface area contributed by atoms with Crippen molar-refractivity contribution in [2.75, 3.05) is 19.0 Å². The van der Waals surface area contributed by atoms with Crippen LogP contribution >= 0.6 is 0 Å². The maximum atomic E-state index is 10.7. The maximum absolute atomic E-state index is 10.7. The van der Waals surface area contributed by atoms with Gasteiger partial charge in [0.25, 0.3) is 0 Å². The van der Waals surface area contributed by atoms with E-state index >= 15 is 0 Å². The predicted octanol–water partition coefficient (Wildman–Crippen LogP) is 2.64. The van der Waals surface area contributed by atoms with Crippen molar-refractivity contribution < 1.29 is 30.7 Å². The zero-order valence-electron chi connectivity index (χ0n) is 12.2. The predicted molar refractivity (Wildman–Crippen MR) is 80.0 cm³/mol. The second-order valence-corrected chi connectivity index (χ2v) is 6.26. The van der Waals surface area contributed by atoms with Gasteiger partial charge in [0.15, 0.2) is 10.1 Å². The molecule has 0 saturated heterocycles. The highest BCUT2D eigenvalue weighted by Crippen LogP contribution is 2.35. The zero-order chi connectivity index (χ0) is 17.4. The first-order chi connectivity index (χ1) is 10.5. The Kier molecular flexibility index (Phi) is 4.36. The van der Waals surface area contributed by atoms with E-state index < -0.39 is 15.6 Å². The quantitative estimate of drug-likeness (QED) is 0.418. The lowest BCUT2D eigenvalue weighted by Crippen LogP contribution is -2.24. The molecule has 3 rings (SSSR count). The molecule has 1 heterocycles. The van der Waals surface area contributed by atoms with Gasteiger partial charge in [-0.1, -0.05) is 24.3 Å². The van der Waals surface area contributed by atoms with Gasteiger partial charge in [0, 0.05) is 0 Å². The highest BCUT2D eigenvalue weighted by atomic mass is 32.2. The molecule has 0 radical (unpaired) electrons. The molecule has 0 N–H and O–H groups in total. The van der Waals surface area contributed by atoms with Crippen LogP contribution in [-0.2, 0) is 10.1 Å². The molecule has 0 spiro atoms. The van der Waals surface area contributed by atoms with Gasteiger partial charge >= 0.3 is 5.51 Å². The lowest BCUT2D eigenvalue weighted by molar-refractivity contribution is -0.399. The summed E-state index contributed by atoms with van der Waals surface area (Å²) in [5.41, 5.74) is -3.09. The largest absolute Gasteiger partial charge is 0.741 e. The molecule has 0 bridgehead atoms. The fraction of sp³-hybridized carbons (Fsp3) is 0.214. The second kappa shape index (κ2) is 5.82. The lowest BCUT2D eigenvalue weighted by atomic mass is 10.0. The number of rotatable bonds is 0. The van der Waals surface area contributed by atoms with Crippen molar-refractivity contribution >= 4 is 38.6 Å². The van der Waals surface area contributed by atoms with Crippen molar-refractivity contribution in [2.45, 2.75) is 5.51 Å². The third-order valence-corrected chi connectivity index (χ3v) is 3.82. The SMILES string of the molecule is CN1C=[N+](C)c2cccc3cccc1c23.O=S(=O)([O-])C(F)(F)F. The van der Waals surface area contributed by atoms with Crippen LogP contribution in [0.5, 0.6) is 0 Å². The third-order valence-electron chi connectivity index (χ3n) is 3.25. The van der Waals surface area contributed by atoms with Crippen LogP contribution < -0.4 is 4.90 Å². The molecule has 2 aromatic carbocycles. The summed E-state index contributed by atoms with van der Waals surface area (Å²) < 4.78 is 61.1. The first kappa shape index (κ1) is 17.2. The minimum absolute atomic E-state index is 1.28. The highest BCUT2D eigenvalue weighted by Gasteiger charge is 2.36. The Morgan fingerprint density at radius 1 is 1.13 bits per heavy atom. The van der Waals surface area contributed by atoms with Gasteiger partial charge in [-0.25, -0.2) is 17.9 Å². The summed E-state index contributed by atoms with van der Waals surface area (Å²) in [7, 11) is -1.92. The second-order valence-electron chi connectivity index (χ2n) is 4.89. The summed E-state index contributed by atoms with van der Waals surface area (Å²) in [6.45, 7) is 0. The normalized spacial score (nSPS) is 14.2. The molecule has 0 fully saturated rings. The third kappa shape index (κ3) is 3.45. The number of alkyl halides is 3. The van der Waals surface area contributed by atoms with Crippen molar-refractivity contribution in [3.05, 3.63) is 36.4 Å². The van der Waals surface area contributed by atoms with Crippen molar-refractivity contribution in [1.29, 1.82) is 0 Å². The first-order valence-electron chi connectivity index (χ1n) is 6.37. The van der Waals surface area contributed by atoms with Gasteiger partial charge < -0.3 is 4.55 Å². The molecule has 1 aliphatic heterocycles. The Morgan fingerprint density at radius 3 is 2.17 bits per heavy atom. The minimum atomic E-state index is -6.09. The first-order valence-corrected chi connectivity index (χ1v) is 7.78. The van der Waals surface area contributed by atoms with Crippen molar-refractivity contribution in [3.8, 4) is 0 Å². The van der Waals surface area contributed by atoms with Crippen molar-refractivity contribution in [3.63, 3.8) is 0 Å². The highest BCUT2D eigenvalue weighted by molar-refractivity contribution is 7.86. The molecule has 0 unspecified atom stereocenters. The van der Waals surface area contributed by atoms with Gasteiger partial charge in [-0.15, -0.1) is 0 Å². The number of anilines is 1. The standard InChI is InChI=1S/C13H13N2.CHF3O3S/c1-14-9-15(2)12-8-4-6-10-5-3-7-11(14)13(10)12;2-1(3,4)8(5,6)7/h3-9H,1-2H3;(H,5,6,7)/q+1;/p-1. The average molecular weight is 346 g/mol. The van der Waals surface area contributed by atoms with Crippen LogP contribution in [0.15, 0.2) is 36.4 Å². The molecule has 2 aromatic rings. The number of halogens is 3. The zero-order valence-corrected chi connectivity index (χ0v) is 13.0. The molecule has 9 heteroatoms. The Labute approximate surface area is 131 Å². The molecule has 124 valence electrons. The summed E-state index contributed by atoms with van der Waals surface area (Å²) in [4.78, 5) is 2.16. The minimum Gasteiger partial charge on any atom is -0.741 e. The molecular weight excluding hydrogens is 333 g/mol. The van der Waals surface area contributed by atoms with E-state index in [0.717, 1.165) is 0 Å².